The van der Waals surface area contributed by atoms with Gasteiger partial charge in [-0.3, -0.25) is 9.48 Å². The predicted molar refractivity (Wildman–Crippen MR) is 96.8 cm³/mol. The molecule has 1 amide bonds. The highest BCUT2D eigenvalue weighted by Crippen LogP contribution is 2.35. The Hall–Kier alpha value is -2.88. The number of anilines is 1. The number of carbonyl (C=O) groups is 1. The van der Waals surface area contributed by atoms with Crippen molar-refractivity contribution in [1.29, 1.82) is 5.26 Å². The summed E-state index contributed by atoms with van der Waals surface area (Å²) in [5, 5.41) is 13.3. The fraction of sp³-hybridized carbons (Fsp3) is 0.474. The summed E-state index contributed by atoms with van der Waals surface area (Å²) in [6.45, 7) is 6.33. The zero-order chi connectivity index (χ0) is 18.4. The van der Waals surface area contributed by atoms with E-state index >= 15 is 0 Å². The Labute approximate surface area is 152 Å². The van der Waals surface area contributed by atoms with E-state index in [1.165, 1.54) is 0 Å². The number of aryl methyl sites for hydroxylation is 2. The molecule has 7 heteroatoms. The summed E-state index contributed by atoms with van der Waals surface area (Å²) in [6.07, 6.45) is 2.62. The molecule has 0 aromatic carbocycles. The first kappa shape index (κ1) is 16.6. The summed E-state index contributed by atoms with van der Waals surface area (Å²) in [6, 6.07) is 5.99. The van der Waals surface area contributed by atoms with Crippen molar-refractivity contribution in [2.75, 3.05) is 24.5 Å². The second kappa shape index (κ2) is 6.13. The van der Waals surface area contributed by atoms with Crippen molar-refractivity contribution in [2.24, 2.45) is 13.0 Å². The highest BCUT2D eigenvalue weighted by molar-refractivity contribution is 5.97. The molecule has 0 N–H and O–H groups in total. The molecule has 2 saturated heterocycles. The van der Waals surface area contributed by atoms with E-state index in [9.17, 15) is 4.79 Å². The lowest BCUT2D eigenvalue weighted by atomic mass is 10.0. The van der Waals surface area contributed by atoms with Gasteiger partial charge in [0.25, 0.3) is 5.91 Å². The minimum atomic E-state index is 0.0928. The molecule has 134 valence electrons. The quantitative estimate of drug-likeness (QED) is 0.823. The Bertz CT molecular complexity index is 894. The second-order valence-electron chi connectivity index (χ2n) is 7.21. The number of carbonyl (C=O) groups excluding carboxylic acids is 1. The Morgan fingerprint density at radius 1 is 1.31 bits per heavy atom. The highest BCUT2D eigenvalue weighted by atomic mass is 16.2. The van der Waals surface area contributed by atoms with Gasteiger partial charge in [-0.15, -0.1) is 0 Å². The van der Waals surface area contributed by atoms with Gasteiger partial charge in [0.15, 0.2) is 0 Å². The Balaban J connectivity index is 1.54. The topological polar surface area (TPSA) is 78.0 Å². The first-order chi connectivity index (χ1) is 12.5. The number of nitrogens with zero attached hydrogens (tertiary/aromatic N) is 6. The van der Waals surface area contributed by atoms with Crippen LogP contribution in [0.4, 0.5) is 5.82 Å². The van der Waals surface area contributed by atoms with Crippen LogP contribution in [0.15, 0.2) is 18.3 Å². The van der Waals surface area contributed by atoms with Crippen LogP contribution in [0, 0.1) is 31.1 Å². The maximum absolute atomic E-state index is 13.2. The summed E-state index contributed by atoms with van der Waals surface area (Å²) in [7, 11) is 1.87. The van der Waals surface area contributed by atoms with Crippen LogP contribution in [0.5, 0.6) is 0 Å². The molecule has 2 aromatic rings. The van der Waals surface area contributed by atoms with Gasteiger partial charge in [0.2, 0.25) is 0 Å². The number of amides is 1. The van der Waals surface area contributed by atoms with E-state index in [0.717, 1.165) is 48.8 Å². The monoisotopic (exact) mass is 350 g/mol. The minimum absolute atomic E-state index is 0.0928. The molecular formula is C19H22N6O. The van der Waals surface area contributed by atoms with E-state index in [1.54, 1.807) is 16.9 Å². The van der Waals surface area contributed by atoms with Gasteiger partial charge < -0.3 is 9.80 Å². The lowest BCUT2D eigenvalue weighted by Crippen LogP contribution is -2.40. The van der Waals surface area contributed by atoms with Crippen LogP contribution in [-0.2, 0) is 7.05 Å². The molecule has 0 bridgehead atoms. The smallest absolute Gasteiger partial charge is 0.257 e. The van der Waals surface area contributed by atoms with Gasteiger partial charge >= 0.3 is 0 Å². The zero-order valence-electron chi connectivity index (χ0n) is 15.3. The minimum Gasteiger partial charge on any atom is -0.354 e. The average molecular weight is 350 g/mol. The van der Waals surface area contributed by atoms with Crippen LogP contribution < -0.4 is 4.90 Å². The SMILES string of the molecule is Cc1nn(C)c(C)c1C(=O)N1CCC2CN(c3ccc(C#N)cn3)CC21. The molecule has 0 aliphatic carbocycles. The van der Waals surface area contributed by atoms with Gasteiger partial charge in [0.05, 0.1) is 22.9 Å². The van der Waals surface area contributed by atoms with E-state index in [-0.39, 0.29) is 11.9 Å². The van der Waals surface area contributed by atoms with Gasteiger partial charge in [0, 0.05) is 44.5 Å². The van der Waals surface area contributed by atoms with Gasteiger partial charge in [-0.25, -0.2) is 4.98 Å². The first-order valence-corrected chi connectivity index (χ1v) is 8.92. The summed E-state index contributed by atoms with van der Waals surface area (Å²) < 4.78 is 1.78. The number of likely N-dealkylation sites (tertiary alicyclic amines) is 1. The number of nitriles is 1. The maximum atomic E-state index is 13.2. The number of pyridine rings is 1. The third-order valence-electron chi connectivity index (χ3n) is 5.73. The van der Waals surface area contributed by atoms with Crippen molar-refractivity contribution in [3.8, 4) is 6.07 Å². The van der Waals surface area contributed by atoms with E-state index in [1.807, 2.05) is 31.9 Å². The first-order valence-electron chi connectivity index (χ1n) is 8.92. The lowest BCUT2D eigenvalue weighted by Gasteiger charge is -2.25. The molecule has 0 radical (unpaired) electrons. The summed E-state index contributed by atoms with van der Waals surface area (Å²) in [5.41, 5.74) is 3.01. The Morgan fingerprint density at radius 2 is 2.12 bits per heavy atom. The molecule has 4 heterocycles. The molecule has 0 spiro atoms. The number of rotatable bonds is 2. The normalized spacial score (nSPS) is 21.8. The van der Waals surface area contributed by atoms with Crippen molar-refractivity contribution in [3.63, 3.8) is 0 Å². The zero-order valence-corrected chi connectivity index (χ0v) is 15.3. The van der Waals surface area contributed by atoms with Crippen molar-refractivity contribution < 1.29 is 4.79 Å². The number of hydrogen-bond acceptors (Lipinski definition) is 5. The highest BCUT2D eigenvalue weighted by Gasteiger charge is 2.44. The van der Waals surface area contributed by atoms with E-state index in [0.29, 0.717) is 11.5 Å². The average Bonchev–Trinajstić information content (AvgIpc) is 3.28. The Kier molecular flexibility index (Phi) is 3.91. The molecule has 2 fully saturated rings. The van der Waals surface area contributed by atoms with Crippen LogP contribution in [0.25, 0.3) is 0 Å². The summed E-state index contributed by atoms with van der Waals surface area (Å²) in [4.78, 5) is 21.8. The standard InChI is InChI=1S/C19H22N6O/c1-12-18(13(2)23(3)22-12)19(26)25-7-6-15-10-24(11-16(15)25)17-5-4-14(8-20)9-21-17/h4-5,9,15-16H,6-7,10-11H2,1-3H3. The second-order valence-corrected chi connectivity index (χ2v) is 7.21. The Morgan fingerprint density at radius 3 is 2.73 bits per heavy atom. The van der Waals surface area contributed by atoms with Crippen molar-refractivity contribution >= 4 is 11.7 Å². The van der Waals surface area contributed by atoms with Crippen molar-refractivity contribution in [1.82, 2.24) is 19.7 Å². The van der Waals surface area contributed by atoms with Gasteiger partial charge in [-0.2, -0.15) is 10.4 Å². The van der Waals surface area contributed by atoms with Crippen molar-refractivity contribution in [2.45, 2.75) is 26.3 Å². The molecule has 26 heavy (non-hydrogen) atoms. The molecular weight excluding hydrogens is 328 g/mol. The summed E-state index contributed by atoms with van der Waals surface area (Å²) in [5.74, 6) is 1.43. The van der Waals surface area contributed by atoms with Crippen LogP contribution >= 0.6 is 0 Å². The molecule has 0 saturated carbocycles. The summed E-state index contributed by atoms with van der Waals surface area (Å²) >= 11 is 0. The van der Waals surface area contributed by atoms with Crippen LogP contribution in [-0.4, -0.2) is 51.2 Å². The molecule has 2 aliphatic rings. The van der Waals surface area contributed by atoms with Crippen LogP contribution in [0.1, 0.15) is 33.7 Å². The van der Waals surface area contributed by atoms with Gasteiger partial charge in [0.1, 0.15) is 11.9 Å². The van der Waals surface area contributed by atoms with Crippen LogP contribution in [0.3, 0.4) is 0 Å². The van der Waals surface area contributed by atoms with Gasteiger partial charge in [-0.05, 0) is 32.4 Å². The molecule has 4 rings (SSSR count). The molecule has 7 nitrogen and oxygen atoms in total. The lowest BCUT2D eigenvalue weighted by molar-refractivity contribution is 0.0737. The third-order valence-corrected chi connectivity index (χ3v) is 5.73. The number of hydrogen-bond donors (Lipinski definition) is 0. The molecule has 2 aromatic heterocycles. The molecule has 2 unspecified atom stereocenters. The largest absolute Gasteiger partial charge is 0.354 e. The maximum Gasteiger partial charge on any atom is 0.257 e. The van der Waals surface area contributed by atoms with Gasteiger partial charge in [-0.1, -0.05) is 0 Å². The number of aromatic nitrogens is 3. The van der Waals surface area contributed by atoms with Crippen LogP contribution in [0.2, 0.25) is 0 Å². The van der Waals surface area contributed by atoms with E-state index < -0.39 is 0 Å². The van der Waals surface area contributed by atoms with Crippen molar-refractivity contribution in [3.05, 3.63) is 40.8 Å². The predicted octanol–water partition coefficient (Wildman–Crippen LogP) is 1.65. The molecule has 2 aliphatic heterocycles. The van der Waals surface area contributed by atoms with E-state index in [2.05, 4.69) is 21.1 Å². The third kappa shape index (κ3) is 2.53. The number of fused-ring (bicyclic) bond motifs is 1. The molecule has 2 atom stereocenters. The van der Waals surface area contributed by atoms with E-state index in [4.69, 9.17) is 5.26 Å². The fourth-order valence-electron chi connectivity index (χ4n) is 4.27. The fourth-order valence-corrected chi connectivity index (χ4v) is 4.27.